The molecule has 0 aliphatic carbocycles. The van der Waals surface area contributed by atoms with Gasteiger partial charge in [0.05, 0.1) is 0 Å². The molecule has 0 radical (unpaired) electrons. The van der Waals surface area contributed by atoms with E-state index in [0.29, 0.717) is 17.8 Å². The number of thioether (sulfide) groups is 1. The largest absolute Gasteiger partial charge is 0.492 e. The smallest absolute Gasteiger partial charge is 0.488 e. The molecule has 1 saturated heterocycles. The van der Waals surface area contributed by atoms with Gasteiger partial charge in [-0.05, 0) is 24.0 Å². The molecule has 1 aromatic carbocycles. The van der Waals surface area contributed by atoms with Crippen molar-refractivity contribution in [2.75, 3.05) is 32.0 Å². The van der Waals surface area contributed by atoms with Gasteiger partial charge in [-0.15, -0.1) is 0 Å². The predicted molar refractivity (Wildman–Crippen MR) is 84.7 cm³/mol. The predicted octanol–water partition coefficient (Wildman–Crippen LogP) is 0.573. The minimum absolute atomic E-state index is 0.461. The highest BCUT2D eigenvalue weighted by Crippen LogP contribution is 2.20. The zero-order valence-corrected chi connectivity index (χ0v) is 12.7. The van der Waals surface area contributed by atoms with E-state index in [1.54, 1.807) is 18.2 Å². The van der Waals surface area contributed by atoms with Gasteiger partial charge >= 0.3 is 7.12 Å². The standard InChI is InChI=1S/C14H22BNO3S/c1-2-14-11-16(7-9-20-14)6-8-19-13-5-3-4-12(10-13)15(17)18/h3-5,10,14,17-18H,2,6-9,11H2,1H3. The Morgan fingerprint density at radius 1 is 1.45 bits per heavy atom. The number of rotatable bonds is 6. The maximum Gasteiger partial charge on any atom is 0.488 e. The van der Waals surface area contributed by atoms with Gasteiger partial charge in [0.2, 0.25) is 0 Å². The van der Waals surface area contributed by atoms with Crippen molar-refractivity contribution in [2.24, 2.45) is 0 Å². The monoisotopic (exact) mass is 295 g/mol. The zero-order valence-electron chi connectivity index (χ0n) is 11.9. The fraction of sp³-hybridized carbons (Fsp3) is 0.571. The molecule has 1 unspecified atom stereocenters. The molecule has 1 aliphatic heterocycles. The molecule has 2 rings (SSSR count). The number of ether oxygens (including phenoxy) is 1. The molecule has 2 N–H and O–H groups in total. The summed E-state index contributed by atoms with van der Waals surface area (Å²) in [6, 6.07) is 6.96. The van der Waals surface area contributed by atoms with Crippen LogP contribution in [0.15, 0.2) is 24.3 Å². The van der Waals surface area contributed by atoms with Gasteiger partial charge in [0, 0.05) is 30.6 Å². The third-order valence-electron chi connectivity index (χ3n) is 3.51. The molecule has 1 fully saturated rings. The minimum Gasteiger partial charge on any atom is -0.492 e. The number of nitrogens with zero attached hydrogens (tertiary/aromatic N) is 1. The van der Waals surface area contributed by atoms with Gasteiger partial charge in [0.1, 0.15) is 12.4 Å². The van der Waals surface area contributed by atoms with Crippen LogP contribution in [0.2, 0.25) is 0 Å². The molecular weight excluding hydrogens is 273 g/mol. The SMILES string of the molecule is CCC1CN(CCOc2cccc(B(O)O)c2)CCS1. The van der Waals surface area contributed by atoms with Gasteiger partial charge in [-0.2, -0.15) is 11.8 Å². The molecule has 4 nitrogen and oxygen atoms in total. The van der Waals surface area contributed by atoms with Crippen molar-refractivity contribution >= 4 is 24.3 Å². The summed E-state index contributed by atoms with van der Waals surface area (Å²) in [5.41, 5.74) is 0.461. The molecule has 1 aromatic rings. The second kappa shape index (κ2) is 7.93. The number of benzene rings is 1. The van der Waals surface area contributed by atoms with Crippen molar-refractivity contribution in [3.05, 3.63) is 24.3 Å². The molecule has 1 atom stereocenters. The van der Waals surface area contributed by atoms with Crippen LogP contribution in [0.5, 0.6) is 5.75 Å². The Kier molecular flexibility index (Phi) is 6.22. The number of hydrogen-bond acceptors (Lipinski definition) is 5. The van der Waals surface area contributed by atoms with E-state index < -0.39 is 7.12 Å². The van der Waals surface area contributed by atoms with Crippen LogP contribution in [0.4, 0.5) is 0 Å². The number of hydrogen-bond donors (Lipinski definition) is 2. The van der Waals surface area contributed by atoms with Crippen molar-refractivity contribution in [1.29, 1.82) is 0 Å². The van der Waals surface area contributed by atoms with Gasteiger partial charge in [-0.25, -0.2) is 0 Å². The van der Waals surface area contributed by atoms with Gasteiger partial charge < -0.3 is 14.8 Å². The Labute approximate surface area is 125 Å². The fourth-order valence-electron chi connectivity index (χ4n) is 2.29. The van der Waals surface area contributed by atoms with E-state index >= 15 is 0 Å². The lowest BCUT2D eigenvalue weighted by atomic mass is 9.80. The van der Waals surface area contributed by atoms with Crippen LogP contribution < -0.4 is 10.2 Å². The van der Waals surface area contributed by atoms with Crippen LogP contribution in [-0.4, -0.2) is 59.3 Å². The Morgan fingerprint density at radius 2 is 2.30 bits per heavy atom. The molecule has 6 heteroatoms. The van der Waals surface area contributed by atoms with E-state index in [9.17, 15) is 0 Å². The van der Waals surface area contributed by atoms with E-state index in [4.69, 9.17) is 14.8 Å². The topological polar surface area (TPSA) is 52.9 Å². The normalized spacial score (nSPS) is 19.9. The van der Waals surface area contributed by atoms with Crippen LogP contribution in [0.3, 0.4) is 0 Å². The highest BCUT2D eigenvalue weighted by atomic mass is 32.2. The van der Waals surface area contributed by atoms with Crippen LogP contribution in [0.1, 0.15) is 13.3 Å². The van der Waals surface area contributed by atoms with Crippen LogP contribution in [-0.2, 0) is 0 Å². The van der Waals surface area contributed by atoms with Gasteiger partial charge in [-0.1, -0.05) is 19.1 Å². The van der Waals surface area contributed by atoms with Gasteiger partial charge in [0.15, 0.2) is 0 Å². The van der Waals surface area contributed by atoms with E-state index in [-0.39, 0.29) is 0 Å². The summed E-state index contributed by atoms with van der Waals surface area (Å²) >= 11 is 2.06. The Hall–Kier alpha value is -0.685. The summed E-state index contributed by atoms with van der Waals surface area (Å²) in [6.45, 7) is 6.05. The maximum atomic E-state index is 9.12. The Morgan fingerprint density at radius 3 is 3.05 bits per heavy atom. The average Bonchev–Trinajstić information content (AvgIpc) is 2.48. The molecule has 110 valence electrons. The van der Waals surface area contributed by atoms with Gasteiger partial charge in [0.25, 0.3) is 0 Å². The molecule has 20 heavy (non-hydrogen) atoms. The first kappa shape index (κ1) is 15.7. The first-order chi connectivity index (χ1) is 9.69. The average molecular weight is 295 g/mol. The third kappa shape index (κ3) is 4.70. The lowest BCUT2D eigenvalue weighted by molar-refractivity contribution is 0.212. The van der Waals surface area contributed by atoms with Crippen molar-refractivity contribution in [1.82, 2.24) is 4.90 Å². The Bertz CT molecular complexity index is 419. The highest BCUT2D eigenvalue weighted by Gasteiger charge is 2.18. The van der Waals surface area contributed by atoms with Crippen LogP contribution >= 0.6 is 11.8 Å². The van der Waals surface area contributed by atoms with E-state index in [0.717, 1.165) is 24.9 Å². The van der Waals surface area contributed by atoms with Crippen LogP contribution in [0, 0.1) is 0 Å². The third-order valence-corrected chi connectivity index (χ3v) is 4.88. The summed E-state index contributed by atoms with van der Waals surface area (Å²) in [7, 11) is -1.44. The van der Waals surface area contributed by atoms with E-state index in [1.165, 1.54) is 12.2 Å². The lowest BCUT2D eigenvalue weighted by Crippen LogP contribution is -2.39. The summed E-state index contributed by atoms with van der Waals surface area (Å²) in [5, 5.41) is 19.0. The summed E-state index contributed by atoms with van der Waals surface area (Å²) in [5.74, 6) is 1.89. The van der Waals surface area contributed by atoms with Gasteiger partial charge in [-0.3, -0.25) is 4.90 Å². The highest BCUT2D eigenvalue weighted by molar-refractivity contribution is 8.00. The molecule has 0 saturated carbocycles. The van der Waals surface area contributed by atoms with E-state index in [2.05, 4.69) is 23.6 Å². The summed E-state index contributed by atoms with van der Waals surface area (Å²) in [4.78, 5) is 2.44. The van der Waals surface area contributed by atoms with Crippen molar-refractivity contribution in [3.63, 3.8) is 0 Å². The Balaban J connectivity index is 1.76. The van der Waals surface area contributed by atoms with Crippen molar-refractivity contribution in [3.8, 4) is 5.75 Å². The fourth-order valence-corrected chi connectivity index (χ4v) is 3.54. The zero-order chi connectivity index (χ0) is 14.4. The first-order valence-electron chi connectivity index (χ1n) is 7.12. The molecule has 1 heterocycles. The molecular formula is C14H22BNO3S. The molecule has 0 amide bonds. The van der Waals surface area contributed by atoms with E-state index in [1.807, 2.05) is 6.07 Å². The molecule has 0 spiro atoms. The van der Waals surface area contributed by atoms with Crippen molar-refractivity contribution in [2.45, 2.75) is 18.6 Å². The summed E-state index contributed by atoms with van der Waals surface area (Å²) < 4.78 is 5.70. The van der Waals surface area contributed by atoms with Crippen molar-refractivity contribution < 1.29 is 14.8 Å². The quantitative estimate of drug-likeness (QED) is 0.752. The maximum absolute atomic E-state index is 9.12. The minimum atomic E-state index is -1.44. The van der Waals surface area contributed by atoms with Crippen LogP contribution in [0.25, 0.3) is 0 Å². The molecule has 1 aliphatic rings. The second-order valence-corrected chi connectivity index (χ2v) is 6.40. The lowest BCUT2D eigenvalue weighted by Gasteiger charge is -2.31. The second-order valence-electron chi connectivity index (χ2n) is 5.00. The molecule has 0 aromatic heterocycles. The molecule has 0 bridgehead atoms. The first-order valence-corrected chi connectivity index (χ1v) is 8.16. The summed E-state index contributed by atoms with van der Waals surface area (Å²) in [6.07, 6.45) is 1.22.